The first kappa shape index (κ1) is 22.5. The Hall–Kier alpha value is -3.71. The van der Waals surface area contributed by atoms with Crippen LogP contribution in [0, 0.1) is 0 Å². The van der Waals surface area contributed by atoms with Crippen LogP contribution in [0.1, 0.15) is 15.9 Å². The van der Waals surface area contributed by atoms with E-state index in [2.05, 4.69) is 20.9 Å². The van der Waals surface area contributed by atoms with Gasteiger partial charge in [0.25, 0.3) is 0 Å². The Labute approximate surface area is 199 Å². The van der Waals surface area contributed by atoms with E-state index in [9.17, 15) is 4.79 Å². The average Bonchev–Trinajstić information content (AvgIpc) is 3.26. The van der Waals surface area contributed by atoms with Gasteiger partial charge in [0.05, 0.1) is 21.3 Å². The van der Waals surface area contributed by atoms with Gasteiger partial charge < -0.3 is 23.9 Å². The molecular weight excluding hydrogens is 486 g/mol. The molecule has 1 aromatic heterocycles. The number of halogens is 1. The van der Waals surface area contributed by atoms with Crippen molar-refractivity contribution in [2.45, 2.75) is 0 Å². The highest BCUT2D eigenvalue weighted by Crippen LogP contribution is 2.39. The van der Waals surface area contributed by atoms with Crippen molar-refractivity contribution in [2.75, 3.05) is 21.3 Å². The Balaban J connectivity index is 1.82. The number of nitrogens with one attached hydrogen (secondary N) is 1. The highest BCUT2D eigenvalue weighted by atomic mass is 79.9. The first-order valence-electron chi connectivity index (χ1n) is 10.1. The first-order valence-corrected chi connectivity index (χ1v) is 10.9. The number of para-hydroxylation sites is 1. The molecule has 1 N–H and O–H groups in total. The number of ether oxygens (including phenoxy) is 4. The third kappa shape index (κ3) is 4.73. The van der Waals surface area contributed by atoms with Gasteiger partial charge in [0.1, 0.15) is 5.75 Å². The minimum atomic E-state index is -0.331. The summed E-state index contributed by atoms with van der Waals surface area (Å²) < 4.78 is 23.2. The van der Waals surface area contributed by atoms with Crippen LogP contribution in [0.5, 0.6) is 23.0 Å². The number of Topliss-reactive ketones (excluding diaryl/α,β-unsaturated/α-hetero) is 1. The highest BCUT2D eigenvalue weighted by Gasteiger charge is 2.21. The van der Waals surface area contributed by atoms with Crippen molar-refractivity contribution < 1.29 is 23.7 Å². The summed E-state index contributed by atoms with van der Waals surface area (Å²) in [6, 6.07) is 18.4. The summed E-state index contributed by atoms with van der Waals surface area (Å²) in [5, 5.41) is 0.979. The molecule has 3 aromatic carbocycles. The van der Waals surface area contributed by atoms with Crippen LogP contribution in [-0.4, -0.2) is 32.1 Å². The van der Waals surface area contributed by atoms with E-state index in [4.69, 9.17) is 18.9 Å². The maximum absolute atomic E-state index is 13.6. The number of benzene rings is 3. The molecule has 0 saturated heterocycles. The number of allylic oxidation sites excluding steroid dienone is 1. The van der Waals surface area contributed by atoms with Crippen molar-refractivity contribution in [3.05, 3.63) is 88.2 Å². The first-order chi connectivity index (χ1) is 16.0. The van der Waals surface area contributed by atoms with Gasteiger partial charge in [-0.15, -0.1) is 0 Å². The number of rotatable bonds is 8. The molecule has 0 radical (unpaired) electrons. The van der Waals surface area contributed by atoms with E-state index in [0.29, 0.717) is 28.6 Å². The van der Waals surface area contributed by atoms with E-state index in [1.54, 1.807) is 30.3 Å². The fourth-order valence-corrected chi connectivity index (χ4v) is 3.74. The largest absolute Gasteiger partial charge is 0.493 e. The van der Waals surface area contributed by atoms with E-state index in [1.165, 1.54) is 21.3 Å². The van der Waals surface area contributed by atoms with E-state index in [0.717, 1.165) is 20.9 Å². The van der Waals surface area contributed by atoms with Crippen molar-refractivity contribution in [3.8, 4) is 23.0 Å². The molecule has 4 rings (SSSR count). The molecule has 0 fully saturated rings. The van der Waals surface area contributed by atoms with Crippen LogP contribution in [0.4, 0.5) is 0 Å². The number of carbonyl (C=O) groups excluding carboxylic acids is 1. The zero-order valence-corrected chi connectivity index (χ0v) is 19.9. The summed E-state index contributed by atoms with van der Waals surface area (Å²) in [5.41, 5.74) is 2.14. The molecule has 0 amide bonds. The highest BCUT2D eigenvalue weighted by molar-refractivity contribution is 9.10. The number of aromatic amines is 1. The molecule has 4 aromatic rings. The summed E-state index contributed by atoms with van der Waals surface area (Å²) in [6.07, 6.45) is 3.57. The SMILES string of the molecule is COc1cc(C(=O)/C(=C\c2c[nH]c3ccccc23)Oc2ccc(Br)cc2)cc(OC)c1OC. The Morgan fingerprint density at radius 1 is 0.909 bits per heavy atom. The van der Waals surface area contributed by atoms with Crippen LogP contribution in [0.3, 0.4) is 0 Å². The Kier molecular flexibility index (Phi) is 6.70. The number of fused-ring (bicyclic) bond motifs is 1. The second kappa shape index (κ2) is 9.83. The van der Waals surface area contributed by atoms with Crippen molar-refractivity contribution in [1.82, 2.24) is 4.98 Å². The van der Waals surface area contributed by atoms with Gasteiger partial charge in [-0.1, -0.05) is 34.1 Å². The lowest BCUT2D eigenvalue weighted by Gasteiger charge is -2.15. The molecule has 0 aliphatic rings. The Morgan fingerprint density at radius 2 is 1.58 bits per heavy atom. The van der Waals surface area contributed by atoms with Gasteiger partial charge in [-0.25, -0.2) is 0 Å². The zero-order chi connectivity index (χ0) is 23.4. The van der Waals surface area contributed by atoms with Gasteiger partial charge in [-0.05, 0) is 48.5 Å². The quantitative estimate of drug-likeness (QED) is 0.173. The number of aromatic nitrogens is 1. The van der Waals surface area contributed by atoms with Gasteiger partial charge in [-0.2, -0.15) is 0 Å². The third-order valence-corrected chi connectivity index (χ3v) is 5.63. The lowest BCUT2D eigenvalue weighted by molar-refractivity contribution is 0.0987. The van der Waals surface area contributed by atoms with Gasteiger partial charge in [0.2, 0.25) is 11.5 Å². The second-order valence-electron chi connectivity index (χ2n) is 7.10. The van der Waals surface area contributed by atoms with Crippen molar-refractivity contribution in [2.24, 2.45) is 0 Å². The molecule has 0 atom stereocenters. The molecule has 168 valence electrons. The lowest BCUT2D eigenvalue weighted by Crippen LogP contribution is -2.10. The minimum absolute atomic E-state index is 0.149. The van der Waals surface area contributed by atoms with Crippen LogP contribution in [0.2, 0.25) is 0 Å². The number of hydrogen-bond acceptors (Lipinski definition) is 5. The molecule has 0 spiro atoms. The number of methoxy groups -OCH3 is 3. The van der Waals surface area contributed by atoms with Gasteiger partial charge >= 0.3 is 0 Å². The summed E-state index contributed by atoms with van der Waals surface area (Å²) in [5.74, 6) is 1.53. The van der Waals surface area contributed by atoms with Crippen molar-refractivity contribution in [1.29, 1.82) is 0 Å². The molecule has 1 heterocycles. The van der Waals surface area contributed by atoms with Crippen LogP contribution in [0.25, 0.3) is 17.0 Å². The number of hydrogen-bond donors (Lipinski definition) is 1. The smallest absolute Gasteiger partial charge is 0.228 e. The van der Waals surface area contributed by atoms with Crippen molar-refractivity contribution in [3.63, 3.8) is 0 Å². The number of carbonyl (C=O) groups is 1. The van der Waals surface area contributed by atoms with Gasteiger partial charge in [-0.3, -0.25) is 4.79 Å². The monoisotopic (exact) mass is 507 g/mol. The second-order valence-corrected chi connectivity index (χ2v) is 8.01. The van der Waals surface area contributed by atoms with Gasteiger partial charge in [0, 0.05) is 32.7 Å². The summed E-state index contributed by atoms with van der Waals surface area (Å²) >= 11 is 3.42. The Bertz CT molecular complexity index is 1300. The van der Waals surface area contributed by atoms with E-state index in [1.807, 2.05) is 42.6 Å². The van der Waals surface area contributed by atoms with E-state index < -0.39 is 0 Å². The fraction of sp³-hybridized carbons (Fsp3) is 0.115. The zero-order valence-electron chi connectivity index (χ0n) is 18.3. The summed E-state index contributed by atoms with van der Waals surface area (Å²) in [4.78, 5) is 16.9. The summed E-state index contributed by atoms with van der Waals surface area (Å²) in [6.45, 7) is 0. The number of ketones is 1. The van der Waals surface area contributed by atoms with E-state index >= 15 is 0 Å². The molecule has 7 heteroatoms. The molecule has 0 unspecified atom stereocenters. The minimum Gasteiger partial charge on any atom is -0.493 e. The molecule has 0 bridgehead atoms. The summed E-state index contributed by atoms with van der Waals surface area (Å²) in [7, 11) is 4.53. The molecular formula is C26H22BrNO5. The van der Waals surface area contributed by atoms with Crippen LogP contribution in [0.15, 0.2) is 77.1 Å². The van der Waals surface area contributed by atoms with E-state index in [-0.39, 0.29) is 11.5 Å². The predicted molar refractivity (Wildman–Crippen MR) is 131 cm³/mol. The standard InChI is InChI=1S/C26H22BrNO5/c1-30-23-12-16(13-24(31-2)26(23)32-3)25(29)22(33-19-10-8-18(27)9-11-19)14-17-15-28-21-7-5-4-6-20(17)21/h4-15,28H,1-3H3/b22-14+. The molecule has 6 nitrogen and oxygen atoms in total. The molecule has 0 saturated carbocycles. The average molecular weight is 508 g/mol. The molecule has 0 aliphatic heterocycles. The third-order valence-electron chi connectivity index (χ3n) is 5.10. The lowest BCUT2D eigenvalue weighted by atomic mass is 10.1. The number of H-pyrrole nitrogens is 1. The van der Waals surface area contributed by atoms with Gasteiger partial charge in [0.15, 0.2) is 17.3 Å². The fourth-order valence-electron chi connectivity index (χ4n) is 3.48. The molecule has 0 aliphatic carbocycles. The van der Waals surface area contributed by atoms with Crippen molar-refractivity contribution >= 4 is 38.7 Å². The van der Waals surface area contributed by atoms with Crippen LogP contribution < -0.4 is 18.9 Å². The maximum atomic E-state index is 13.6. The molecule has 33 heavy (non-hydrogen) atoms. The Morgan fingerprint density at radius 3 is 2.21 bits per heavy atom. The topological polar surface area (TPSA) is 69.8 Å². The van der Waals surface area contributed by atoms with Crippen LogP contribution in [-0.2, 0) is 0 Å². The maximum Gasteiger partial charge on any atom is 0.228 e. The van der Waals surface area contributed by atoms with Crippen LogP contribution >= 0.6 is 15.9 Å². The predicted octanol–water partition coefficient (Wildman–Crippen LogP) is 6.26. The normalized spacial score (nSPS) is 11.3.